The summed E-state index contributed by atoms with van der Waals surface area (Å²) in [5, 5.41) is 0.743. The van der Waals surface area contributed by atoms with Gasteiger partial charge in [0.15, 0.2) is 19.8 Å². The number of allylic oxidation sites excluding steroid dienone is 1. The number of hydrogen-bond donors (Lipinski definition) is 0. The first kappa shape index (κ1) is 38.2. The summed E-state index contributed by atoms with van der Waals surface area (Å²) in [5.41, 5.74) is 0.231. The van der Waals surface area contributed by atoms with Gasteiger partial charge in [0.2, 0.25) is 11.8 Å². The molecule has 10 nitrogen and oxygen atoms in total. The molecule has 3 aliphatic rings. The minimum atomic E-state index is -2.19. The van der Waals surface area contributed by atoms with Crippen molar-refractivity contribution < 1.29 is 33.0 Å². The molecule has 1 aromatic heterocycles. The first-order valence-corrected chi connectivity index (χ1v) is 21.1. The molecule has 4 heterocycles. The van der Waals surface area contributed by atoms with Crippen molar-refractivity contribution in [3.05, 3.63) is 35.5 Å². The van der Waals surface area contributed by atoms with Gasteiger partial charge in [-0.2, -0.15) is 0 Å². The minimum absolute atomic E-state index is 0.00784. The number of fused-ring (bicyclic) bond motifs is 4. The molecule has 0 bridgehead atoms. The highest BCUT2D eigenvalue weighted by molar-refractivity contribution is 6.74. The number of amides is 1. The van der Waals surface area contributed by atoms with Crippen LogP contribution in [0.15, 0.2) is 35.0 Å². The number of ether oxygens (including phenoxy) is 4. The number of hydrogen-bond acceptors (Lipinski definition) is 8. The van der Waals surface area contributed by atoms with Crippen molar-refractivity contribution in [3.63, 3.8) is 0 Å². The number of methoxy groups -OCH3 is 1. The fourth-order valence-electron chi connectivity index (χ4n) is 6.80. The van der Waals surface area contributed by atoms with Crippen LogP contribution in [0.25, 0.3) is 10.9 Å². The highest BCUT2D eigenvalue weighted by Crippen LogP contribution is 2.46. The molecule has 3 aliphatic heterocycles. The second-order valence-electron chi connectivity index (χ2n) is 17.0. The van der Waals surface area contributed by atoms with E-state index < -0.39 is 37.2 Å². The van der Waals surface area contributed by atoms with Gasteiger partial charge in [-0.1, -0.05) is 32.4 Å². The Morgan fingerprint density at radius 1 is 1.18 bits per heavy atom. The van der Waals surface area contributed by atoms with Gasteiger partial charge in [0.25, 0.3) is 0 Å². The van der Waals surface area contributed by atoms with Crippen molar-refractivity contribution in [2.24, 2.45) is 4.99 Å². The summed E-state index contributed by atoms with van der Waals surface area (Å²) in [7, 11) is -0.570. The largest absolute Gasteiger partial charge is 0.485 e. The minimum Gasteiger partial charge on any atom is -0.485 e. The van der Waals surface area contributed by atoms with E-state index in [1.54, 1.807) is 13.3 Å². The van der Waals surface area contributed by atoms with Gasteiger partial charge in [0.1, 0.15) is 41.0 Å². The average Bonchev–Trinajstić information content (AvgIpc) is 3.58. The van der Waals surface area contributed by atoms with Crippen LogP contribution in [0.3, 0.4) is 0 Å². The van der Waals surface area contributed by atoms with E-state index in [2.05, 4.69) is 39.9 Å². The Morgan fingerprint density at radius 2 is 1.88 bits per heavy atom. The molecule has 1 saturated heterocycles. The fourth-order valence-corrected chi connectivity index (χ4v) is 8.32. The average molecular weight is 730 g/mol. The maximum Gasteiger partial charge on any atom is 0.419 e. The lowest BCUT2D eigenvalue weighted by Gasteiger charge is -2.42. The van der Waals surface area contributed by atoms with Gasteiger partial charge in [-0.25, -0.2) is 14.4 Å². The summed E-state index contributed by atoms with van der Waals surface area (Å²) >= 11 is 6.08. The van der Waals surface area contributed by atoms with Crippen LogP contribution in [0.1, 0.15) is 87.1 Å². The molecule has 1 aromatic carbocycles. The molecular weight excluding hydrogens is 674 g/mol. The number of nitrogens with zero attached hydrogens (tertiary/aromatic N) is 3. The number of halogens is 1. The predicted molar refractivity (Wildman–Crippen MR) is 201 cm³/mol. The molecule has 0 N–H and O–H groups in total. The lowest BCUT2D eigenvalue weighted by molar-refractivity contribution is -0.136. The Morgan fingerprint density at radius 3 is 2.50 bits per heavy atom. The number of alkyl halides is 1. The van der Waals surface area contributed by atoms with Gasteiger partial charge in [0.05, 0.1) is 7.11 Å². The van der Waals surface area contributed by atoms with E-state index in [-0.39, 0.29) is 30.1 Å². The summed E-state index contributed by atoms with van der Waals surface area (Å²) < 4.78 is 33.4. The van der Waals surface area contributed by atoms with Crippen molar-refractivity contribution in [1.29, 1.82) is 0 Å². The maximum absolute atomic E-state index is 14.2. The molecule has 50 heavy (non-hydrogen) atoms. The van der Waals surface area contributed by atoms with E-state index in [1.165, 1.54) is 4.57 Å². The number of carbonyl (C=O) groups excluding carboxylic acids is 2. The third-order valence-electron chi connectivity index (χ3n) is 10.6. The predicted octanol–water partition coefficient (Wildman–Crippen LogP) is 8.27. The van der Waals surface area contributed by atoms with E-state index >= 15 is 0 Å². The zero-order chi connectivity index (χ0) is 37.0. The molecule has 2 aromatic rings. The zero-order valence-electron chi connectivity index (χ0n) is 32.0. The fraction of sp³-hybridized carbons (Fsp3) is 0.658. The molecule has 12 heteroatoms. The summed E-state index contributed by atoms with van der Waals surface area (Å²) in [6.07, 6.45) is 5.38. The molecule has 0 radical (unpaired) electrons. The summed E-state index contributed by atoms with van der Waals surface area (Å²) in [5.74, 6) is 1.86. The summed E-state index contributed by atoms with van der Waals surface area (Å²) in [6, 6.07) is 3.07. The number of aliphatic imine (C=N–C) groups is 1. The van der Waals surface area contributed by atoms with Crippen molar-refractivity contribution in [2.75, 3.05) is 26.1 Å². The summed E-state index contributed by atoms with van der Waals surface area (Å²) in [6.45, 7) is 23.4. The number of carbonyl (C=O) groups is 2. The molecule has 1 fully saturated rings. The number of rotatable bonds is 7. The van der Waals surface area contributed by atoms with Crippen molar-refractivity contribution in [2.45, 2.75) is 135 Å². The van der Waals surface area contributed by atoms with Gasteiger partial charge < -0.3 is 28.3 Å². The van der Waals surface area contributed by atoms with Crippen LogP contribution in [0.4, 0.5) is 4.79 Å². The van der Waals surface area contributed by atoms with Crippen LogP contribution < -0.4 is 9.47 Å². The van der Waals surface area contributed by atoms with Gasteiger partial charge in [0, 0.05) is 30.4 Å². The smallest absolute Gasteiger partial charge is 0.419 e. The quantitative estimate of drug-likeness (QED) is 0.161. The van der Waals surface area contributed by atoms with Crippen molar-refractivity contribution in [1.82, 2.24) is 9.47 Å². The first-order chi connectivity index (χ1) is 23.1. The Bertz CT molecular complexity index is 1700. The highest BCUT2D eigenvalue weighted by Gasteiger charge is 2.53. The first-order valence-electron chi connectivity index (χ1n) is 17.7. The Kier molecular flexibility index (Phi) is 10.3. The lowest BCUT2D eigenvalue weighted by atomic mass is 9.87. The molecule has 3 atom stereocenters. The van der Waals surface area contributed by atoms with Gasteiger partial charge in [-0.05, 0) is 96.6 Å². The molecule has 0 aliphatic carbocycles. The third-order valence-corrected chi connectivity index (χ3v) is 15.6. The van der Waals surface area contributed by atoms with E-state index in [0.29, 0.717) is 41.8 Å². The van der Waals surface area contributed by atoms with Crippen LogP contribution >= 0.6 is 11.6 Å². The Hall–Kier alpha value is -3.02. The van der Waals surface area contributed by atoms with Crippen LogP contribution in [0, 0.1) is 0 Å². The number of aromatic nitrogens is 1. The maximum atomic E-state index is 14.2. The van der Waals surface area contributed by atoms with E-state index in [1.807, 2.05) is 58.6 Å². The van der Waals surface area contributed by atoms with E-state index in [4.69, 9.17) is 40.0 Å². The standard InChI is InChI=1S/C38H56ClN3O7Si/c1-24(21-39)16-18-38-17-13-19-42(38)32(43)27(40-33(38)45-10)20-25-22-41(34(44)48-35(2,3)4)30-26(25)14-15-28-31(30)46-23-29(37(8,9)47-28)49-50(11,12)36(5,6)7/h14-16,22,27,29H,13,17-21,23H2,1-12H3/b24-16+/t27-,29?,38-/m1/s1. The Balaban J connectivity index is 1.58. The van der Waals surface area contributed by atoms with E-state index in [9.17, 15) is 9.59 Å². The van der Waals surface area contributed by atoms with Crippen LogP contribution in [-0.4, -0.2) is 90.7 Å². The highest BCUT2D eigenvalue weighted by atomic mass is 35.5. The Labute approximate surface area is 303 Å². The van der Waals surface area contributed by atoms with Crippen molar-refractivity contribution in [3.8, 4) is 11.5 Å². The van der Waals surface area contributed by atoms with Crippen LogP contribution in [-0.2, 0) is 25.1 Å². The summed E-state index contributed by atoms with van der Waals surface area (Å²) in [4.78, 5) is 34.9. The third kappa shape index (κ3) is 7.19. The molecule has 0 spiro atoms. The van der Waals surface area contributed by atoms with Crippen LogP contribution in [0.2, 0.25) is 18.1 Å². The van der Waals surface area contributed by atoms with Gasteiger partial charge >= 0.3 is 6.09 Å². The van der Waals surface area contributed by atoms with Gasteiger partial charge in [-0.15, -0.1) is 11.6 Å². The molecule has 5 rings (SSSR count). The number of benzene rings is 1. The normalized spacial score (nSPS) is 24.2. The molecule has 276 valence electrons. The molecular formula is C38H56ClN3O7Si. The second kappa shape index (κ2) is 13.5. The molecule has 1 unspecified atom stereocenters. The monoisotopic (exact) mass is 729 g/mol. The van der Waals surface area contributed by atoms with E-state index in [0.717, 1.165) is 29.4 Å². The zero-order valence-corrected chi connectivity index (χ0v) is 33.7. The van der Waals surface area contributed by atoms with Crippen molar-refractivity contribution >= 4 is 48.7 Å². The van der Waals surface area contributed by atoms with Gasteiger partial charge in [-0.3, -0.25) is 4.79 Å². The topological polar surface area (TPSA) is 101 Å². The molecule has 1 amide bonds. The lowest BCUT2D eigenvalue weighted by Crippen LogP contribution is -2.60. The molecule has 0 saturated carbocycles. The SMILES string of the molecule is COC1=N[C@H](Cc2cn(C(=O)OC(C)(C)C)c3c4c(ccc23)OC(C)(C)C(O[Si](C)(C)C(C)(C)C)CO4)C(=O)N2CCC[C@@]12C/C=C(\C)CCl. The van der Waals surface area contributed by atoms with Crippen LogP contribution in [0.5, 0.6) is 11.5 Å². The second-order valence-corrected chi connectivity index (χ2v) is 22.1.